The number of para-hydroxylation sites is 1. The third-order valence-electron chi connectivity index (χ3n) is 5.20. The van der Waals surface area contributed by atoms with Crippen molar-refractivity contribution in [1.29, 1.82) is 0 Å². The van der Waals surface area contributed by atoms with Crippen molar-refractivity contribution < 1.29 is 23.0 Å². The molecule has 2 heterocycles. The minimum Gasteiger partial charge on any atom is -0.497 e. The molecule has 0 aliphatic heterocycles. The third-order valence-corrected chi connectivity index (χ3v) is 5.20. The third kappa shape index (κ3) is 4.05. The van der Waals surface area contributed by atoms with E-state index in [2.05, 4.69) is 15.1 Å². The van der Waals surface area contributed by atoms with Crippen LogP contribution in [0.25, 0.3) is 28.4 Å². The van der Waals surface area contributed by atoms with E-state index in [1.165, 1.54) is 4.52 Å². The molecule has 1 saturated carbocycles. The van der Waals surface area contributed by atoms with Gasteiger partial charge < -0.3 is 14.2 Å². The zero-order valence-corrected chi connectivity index (χ0v) is 17.2. The Kier molecular flexibility index (Phi) is 5.30. The smallest absolute Gasteiger partial charge is 0.387 e. The Morgan fingerprint density at radius 3 is 2.75 bits per heavy atom. The van der Waals surface area contributed by atoms with Crippen LogP contribution in [0.15, 0.2) is 54.7 Å². The van der Waals surface area contributed by atoms with Gasteiger partial charge >= 0.3 is 6.61 Å². The van der Waals surface area contributed by atoms with Crippen LogP contribution in [-0.2, 0) is 0 Å². The second-order valence-corrected chi connectivity index (χ2v) is 7.47. The Bertz CT molecular complexity index is 1260. The largest absolute Gasteiger partial charge is 0.497 e. The predicted octanol–water partition coefficient (Wildman–Crippen LogP) is 4.86. The highest BCUT2D eigenvalue weighted by Gasteiger charge is 2.25. The van der Waals surface area contributed by atoms with Gasteiger partial charge in [-0.05, 0) is 49.1 Å². The van der Waals surface area contributed by atoms with E-state index in [1.54, 1.807) is 37.6 Å². The number of hydrogen-bond acceptors (Lipinski definition) is 6. The van der Waals surface area contributed by atoms with Crippen molar-refractivity contribution in [2.75, 3.05) is 13.7 Å². The summed E-state index contributed by atoms with van der Waals surface area (Å²) < 4.78 is 44.0. The van der Waals surface area contributed by atoms with Crippen LogP contribution < -0.4 is 14.2 Å². The highest BCUT2D eigenvalue weighted by molar-refractivity contribution is 5.73. The van der Waals surface area contributed by atoms with E-state index in [-0.39, 0.29) is 11.5 Å². The van der Waals surface area contributed by atoms with Gasteiger partial charge in [0.05, 0.1) is 19.4 Å². The molecule has 1 aliphatic rings. The maximum atomic E-state index is 13.3. The number of ether oxygens (including phenoxy) is 3. The summed E-state index contributed by atoms with van der Waals surface area (Å²) in [5.74, 6) is 2.13. The van der Waals surface area contributed by atoms with Gasteiger partial charge in [0, 0.05) is 17.3 Å². The molecule has 7 nitrogen and oxygen atoms in total. The van der Waals surface area contributed by atoms with Crippen molar-refractivity contribution in [2.45, 2.75) is 19.5 Å². The molecule has 5 rings (SSSR count). The first-order valence-electron chi connectivity index (χ1n) is 10.2. The van der Waals surface area contributed by atoms with Crippen LogP contribution >= 0.6 is 0 Å². The molecule has 32 heavy (non-hydrogen) atoms. The van der Waals surface area contributed by atoms with Gasteiger partial charge in [-0.1, -0.05) is 18.2 Å². The molecule has 2 aromatic carbocycles. The second-order valence-electron chi connectivity index (χ2n) is 7.47. The van der Waals surface area contributed by atoms with E-state index in [4.69, 9.17) is 14.2 Å². The summed E-state index contributed by atoms with van der Waals surface area (Å²) in [5, 5.41) is 4.57. The average Bonchev–Trinajstić information content (AvgIpc) is 3.53. The van der Waals surface area contributed by atoms with Crippen molar-refractivity contribution >= 4 is 5.78 Å². The highest BCUT2D eigenvalue weighted by Crippen LogP contribution is 2.40. The molecule has 0 N–H and O–H groups in total. The lowest BCUT2D eigenvalue weighted by molar-refractivity contribution is -0.0511. The summed E-state index contributed by atoms with van der Waals surface area (Å²) in [7, 11) is 1.58. The molecule has 0 radical (unpaired) electrons. The number of rotatable bonds is 8. The Morgan fingerprint density at radius 2 is 1.97 bits per heavy atom. The summed E-state index contributed by atoms with van der Waals surface area (Å²) >= 11 is 0. The normalized spacial score (nSPS) is 13.5. The number of hydrogen-bond donors (Lipinski definition) is 0. The Labute approximate surface area is 182 Å². The van der Waals surface area contributed by atoms with Crippen molar-refractivity contribution in [1.82, 2.24) is 19.6 Å². The van der Waals surface area contributed by atoms with Crippen LogP contribution in [0.1, 0.15) is 12.8 Å². The number of halogens is 2. The number of nitrogens with zero attached hydrogens (tertiary/aromatic N) is 4. The molecule has 0 saturated heterocycles. The lowest BCUT2D eigenvalue weighted by atomic mass is 10.1. The molecule has 164 valence electrons. The number of benzene rings is 2. The lowest BCUT2D eigenvalue weighted by Gasteiger charge is -2.16. The van der Waals surface area contributed by atoms with Gasteiger partial charge in [0.15, 0.2) is 17.3 Å². The van der Waals surface area contributed by atoms with Crippen LogP contribution in [0.5, 0.6) is 17.2 Å². The molecule has 0 unspecified atom stereocenters. The van der Waals surface area contributed by atoms with Crippen LogP contribution in [-0.4, -0.2) is 39.9 Å². The number of alkyl halides is 2. The van der Waals surface area contributed by atoms with E-state index in [0.29, 0.717) is 41.1 Å². The van der Waals surface area contributed by atoms with E-state index in [0.717, 1.165) is 18.4 Å². The minimum atomic E-state index is -3.00. The topological polar surface area (TPSA) is 70.8 Å². The fraction of sp³-hybridized carbons (Fsp3) is 0.261. The standard InChI is InChI=1S/C23H20F2N4O3/c1-30-16-5-2-4-15(12-16)21-27-23-26-11-10-18(29(23)28-21)17-6-3-7-19(20(17)32-22(24)25)31-13-14-8-9-14/h2-7,10-12,14,22H,8-9,13H2,1H3. The average molecular weight is 438 g/mol. The van der Waals surface area contributed by atoms with Crippen molar-refractivity contribution in [3.63, 3.8) is 0 Å². The lowest BCUT2D eigenvalue weighted by Crippen LogP contribution is -2.08. The fourth-order valence-electron chi connectivity index (χ4n) is 3.42. The fourth-order valence-corrected chi connectivity index (χ4v) is 3.42. The summed E-state index contributed by atoms with van der Waals surface area (Å²) in [5.41, 5.74) is 1.66. The van der Waals surface area contributed by atoms with Gasteiger partial charge in [-0.3, -0.25) is 0 Å². The number of aromatic nitrogens is 4. The Balaban J connectivity index is 1.60. The molecule has 1 fully saturated rings. The molecular formula is C23H20F2N4O3. The molecule has 0 spiro atoms. The number of methoxy groups -OCH3 is 1. The first kappa shape index (κ1) is 20.2. The van der Waals surface area contributed by atoms with E-state index < -0.39 is 6.61 Å². The molecule has 9 heteroatoms. The SMILES string of the molecule is COc1cccc(-c2nc3nccc(-c4cccc(OCC5CC5)c4OC(F)F)n3n2)c1. The van der Waals surface area contributed by atoms with E-state index >= 15 is 0 Å². The zero-order chi connectivity index (χ0) is 22.1. The van der Waals surface area contributed by atoms with Gasteiger partial charge in [-0.2, -0.15) is 18.3 Å². The van der Waals surface area contributed by atoms with Crippen molar-refractivity contribution in [3.8, 4) is 39.9 Å². The summed E-state index contributed by atoms with van der Waals surface area (Å²) in [6.07, 6.45) is 3.72. The Morgan fingerprint density at radius 1 is 1.12 bits per heavy atom. The highest BCUT2D eigenvalue weighted by atomic mass is 19.3. The summed E-state index contributed by atoms with van der Waals surface area (Å²) in [6.45, 7) is -2.53. The first-order chi connectivity index (χ1) is 15.6. The number of fused-ring (bicyclic) bond motifs is 1. The first-order valence-corrected chi connectivity index (χ1v) is 10.2. The molecular weight excluding hydrogens is 418 g/mol. The quantitative estimate of drug-likeness (QED) is 0.391. The Hall–Kier alpha value is -3.75. The molecule has 0 bridgehead atoms. The summed E-state index contributed by atoms with van der Waals surface area (Å²) in [6, 6.07) is 14.1. The van der Waals surface area contributed by atoms with E-state index in [1.807, 2.05) is 24.3 Å². The monoisotopic (exact) mass is 438 g/mol. The van der Waals surface area contributed by atoms with Gasteiger partial charge in [0.2, 0.25) is 0 Å². The van der Waals surface area contributed by atoms with Crippen molar-refractivity contribution in [2.24, 2.45) is 5.92 Å². The van der Waals surface area contributed by atoms with Gasteiger partial charge in [0.1, 0.15) is 5.75 Å². The van der Waals surface area contributed by atoms with E-state index in [9.17, 15) is 8.78 Å². The van der Waals surface area contributed by atoms with Gasteiger partial charge in [-0.25, -0.2) is 4.98 Å². The van der Waals surface area contributed by atoms with Crippen LogP contribution in [0.3, 0.4) is 0 Å². The van der Waals surface area contributed by atoms with Gasteiger partial charge in [-0.15, -0.1) is 5.10 Å². The maximum Gasteiger partial charge on any atom is 0.387 e. The maximum absolute atomic E-state index is 13.3. The minimum absolute atomic E-state index is 0.0333. The zero-order valence-electron chi connectivity index (χ0n) is 17.2. The molecule has 2 aromatic heterocycles. The summed E-state index contributed by atoms with van der Waals surface area (Å²) in [4.78, 5) is 8.77. The van der Waals surface area contributed by atoms with Gasteiger partial charge in [0.25, 0.3) is 5.78 Å². The van der Waals surface area contributed by atoms with Crippen molar-refractivity contribution in [3.05, 3.63) is 54.7 Å². The molecule has 4 aromatic rings. The molecule has 1 aliphatic carbocycles. The van der Waals surface area contributed by atoms with Crippen LogP contribution in [0.4, 0.5) is 8.78 Å². The predicted molar refractivity (Wildman–Crippen MR) is 113 cm³/mol. The second kappa shape index (κ2) is 8.41. The van der Waals surface area contributed by atoms with Crippen LogP contribution in [0, 0.1) is 5.92 Å². The van der Waals surface area contributed by atoms with Crippen LogP contribution in [0.2, 0.25) is 0 Å². The molecule has 0 atom stereocenters. The molecule has 0 amide bonds.